The van der Waals surface area contributed by atoms with Crippen LogP contribution >= 0.6 is 0 Å². The number of nitrogens with zero attached hydrogens (tertiary/aromatic N) is 4. The number of amides is 1. The molecular formula is C20H12F3N5O. The van der Waals surface area contributed by atoms with Gasteiger partial charge in [0.05, 0.1) is 16.6 Å². The van der Waals surface area contributed by atoms with Gasteiger partial charge in [-0.25, -0.2) is 15.0 Å². The molecule has 0 saturated heterocycles. The van der Waals surface area contributed by atoms with Crippen molar-refractivity contribution < 1.29 is 18.0 Å². The molecule has 0 aliphatic heterocycles. The zero-order chi connectivity index (χ0) is 20.4. The fourth-order valence-electron chi connectivity index (χ4n) is 2.79. The average molecular weight is 395 g/mol. The Balaban J connectivity index is 1.76. The smallest absolute Gasteiger partial charge is 0.305 e. The van der Waals surface area contributed by atoms with Gasteiger partial charge in [0.25, 0.3) is 5.91 Å². The quantitative estimate of drug-likeness (QED) is 0.558. The van der Waals surface area contributed by atoms with Crippen LogP contribution < -0.4 is 5.32 Å². The van der Waals surface area contributed by atoms with E-state index in [2.05, 4.69) is 25.3 Å². The monoisotopic (exact) mass is 395 g/mol. The first-order chi connectivity index (χ1) is 13.9. The van der Waals surface area contributed by atoms with Crippen LogP contribution in [-0.4, -0.2) is 25.8 Å². The second-order valence-electron chi connectivity index (χ2n) is 6.05. The lowest BCUT2D eigenvalue weighted by molar-refractivity contribution is -0.137. The number of hydrogen-bond acceptors (Lipinski definition) is 5. The number of carbonyl (C=O) groups excluding carboxylic acids is 1. The summed E-state index contributed by atoms with van der Waals surface area (Å²) in [6.07, 6.45) is -0.208. The molecule has 0 atom stereocenters. The van der Waals surface area contributed by atoms with Crippen molar-refractivity contribution in [3.8, 4) is 11.1 Å². The van der Waals surface area contributed by atoms with Gasteiger partial charge in [-0.1, -0.05) is 12.1 Å². The van der Waals surface area contributed by atoms with Crippen LogP contribution in [0.4, 0.5) is 19.0 Å². The summed E-state index contributed by atoms with van der Waals surface area (Å²) in [5.74, 6) is -0.208. The van der Waals surface area contributed by atoms with Crippen molar-refractivity contribution in [2.75, 3.05) is 5.32 Å². The van der Waals surface area contributed by atoms with Gasteiger partial charge in [-0.15, -0.1) is 0 Å². The molecule has 0 aliphatic rings. The van der Waals surface area contributed by atoms with E-state index in [0.717, 1.165) is 12.1 Å². The summed E-state index contributed by atoms with van der Waals surface area (Å²) in [6.45, 7) is 0. The SMILES string of the molecule is O=C(Nc1ccncn1)c1ccc2nccc(-c3cccc(C(F)(F)F)c3)c2n1. The van der Waals surface area contributed by atoms with Gasteiger partial charge < -0.3 is 5.32 Å². The minimum Gasteiger partial charge on any atom is -0.305 e. The Morgan fingerprint density at radius 2 is 1.83 bits per heavy atom. The second kappa shape index (κ2) is 7.27. The van der Waals surface area contributed by atoms with E-state index in [-0.39, 0.29) is 5.69 Å². The average Bonchev–Trinajstić information content (AvgIpc) is 2.73. The van der Waals surface area contributed by atoms with E-state index in [1.54, 1.807) is 18.2 Å². The summed E-state index contributed by atoms with van der Waals surface area (Å²) < 4.78 is 39.2. The van der Waals surface area contributed by atoms with Crippen LogP contribution in [0.25, 0.3) is 22.2 Å². The molecule has 0 aliphatic carbocycles. The summed E-state index contributed by atoms with van der Waals surface area (Å²) in [7, 11) is 0. The third-order valence-corrected chi connectivity index (χ3v) is 4.14. The van der Waals surface area contributed by atoms with Gasteiger partial charge in [-0.05, 0) is 42.0 Å². The largest absolute Gasteiger partial charge is 0.416 e. The molecule has 0 saturated carbocycles. The molecule has 6 nitrogen and oxygen atoms in total. The van der Waals surface area contributed by atoms with Crippen molar-refractivity contribution in [3.05, 3.63) is 78.5 Å². The zero-order valence-corrected chi connectivity index (χ0v) is 14.7. The van der Waals surface area contributed by atoms with Gasteiger partial charge in [-0.3, -0.25) is 9.78 Å². The van der Waals surface area contributed by atoms with Crippen LogP contribution in [0.1, 0.15) is 16.1 Å². The minimum atomic E-state index is -4.46. The summed E-state index contributed by atoms with van der Waals surface area (Å²) in [5, 5.41) is 2.59. The number of anilines is 1. The molecule has 0 spiro atoms. The predicted molar refractivity (Wildman–Crippen MR) is 100.0 cm³/mol. The highest BCUT2D eigenvalue weighted by atomic mass is 19.4. The summed E-state index contributed by atoms with van der Waals surface area (Å²) in [4.78, 5) is 28.7. The van der Waals surface area contributed by atoms with Crippen molar-refractivity contribution in [2.45, 2.75) is 6.18 Å². The molecule has 144 valence electrons. The normalized spacial score (nSPS) is 11.4. The van der Waals surface area contributed by atoms with Crippen LogP contribution in [0.2, 0.25) is 0 Å². The molecule has 1 amide bonds. The first-order valence-corrected chi connectivity index (χ1v) is 8.42. The highest BCUT2D eigenvalue weighted by Gasteiger charge is 2.30. The molecule has 0 bridgehead atoms. The Morgan fingerprint density at radius 1 is 0.966 bits per heavy atom. The Kier molecular flexibility index (Phi) is 4.63. The van der Waals surface area contributed by atoms with Crippen molar-refractivity contribution >= 4 is 22.8 Å². The maximum Gasteiger partial charge on any atom is 0.416 e. The Morgan fingerprint density at radius 3 is 2.59 bits per heavy atom. The van der Waals surface area contributed by atoms with E-state index in [4.69, 9.17) is 0 Å². The molecule has 0 radical (unpaired) electrons. The number of pyridine rings is 2. The Hall–Kier alpha value is -3.88. The van der Waals surface area contributed by atoms with Crippen LogP contribution in [0, 0.1) is 0 Å². The maximum atomic E-state index is 13.1. The molecule has 1 N–H and O–H groups in total. The van der Waals surface area contributed by atoms with Crippen molar-refractivity contribution in [2.24, 2.45) is 0 Å². The number of benzene rings is 1. The molecule has 4 aromatic rings. The van der Waals surface area contributed by atoms with E-state index >= 15 is 0 Å². The fraction of sp³-hybridized carbons (Fsp3) is 0.0500. The third kappa shape index (κ3) is 3.88. The summed E-state index contributed by atoms with van der Waals surface area (Å²) in [5.41, 5.74) is 0.862. The topological polar surface area (TPSA) is 80.7 Å². The lowest BCUT2D eigenvalue weighted by Crippen LogP contribution is -2.14. The zero-order valence-electron chi connectivity index (χ0n) is 14.7. The maximum absolute atomic E-state index is 13.1. The van der Waals surface area contributed by atoms with E-state index < -0.39 is 17.6 Å². The molecule has 0 unspecified atom stereocenters. The van der Waals surface area contributed by atoms with Gasteiger partial charge >= 0.3 is 6.18 Å². The highest BCUT2D eigenvalue weighted by Crippen LogP contribution is 2.33. The molecule has 1 aromatic carbocycles. The third-order valence-electron chi connectivity index (χ3n) is 4.14. The van der Waals surface area contributed by atoms with Gasteiger partial charge in [-0.2, -0.15) is 13.2 Å². The van der Waals surface area contributed by atoms with Gasteiger partial charge in [0.1, 0.15) is 17.8 Å². The number of rotatable bonds is 3. The number of nitrogens with one attached hydrogen (secondary N) is 1. The predicted octanol–water partition coefficient (Wildman–Crippen LogP) is 4.36. The highest BCUT2D eigenvalue weighted by molar-refractivity contribution is 6.04. The van der Waals surface area contributed by atoms with Gasteiger partial charge in [0.15, 0.2) is 0 Å². The molecule has 0 fully saturated rings. The number of alkyl halides is 3. The molecule has 3 heterocycles. The van der Waals surface area contributed by atoms with Gasteiger partial charge in [0, 0.05) is 18.0 Å². The number of aromatic nitrogens is 4. The molecule has 29 heavy (non-hydrogen) atoms. The number of carbonyl (C=O) groups is 1. The Labute approximate surface area is 162 Å². The van der Waals surface area contributed by atoms with E-state index in [0.29, 0.717) is 28.0 Å². The number of hydrogen-bond donors (Lipinski definition) is 1. The first-order valence-electron chi connectivity index (χ1n) is 8.42. The molecular weight excluding hydrogens is 383 g/mol. The van der Waals surface area contributed by atoms with Crippen LogP contribution in [0.5, 0.6) is 0 Å². The van der Waals surface area contributed by atoms with E-state index in [1.807, 2.05) is 0 Å². The van der Waals surface area contributed by atoms with E-state index in [1.165, 1.54) is 36.9 Å². The van der Waals surface area contributed by atoms with Crippen LogP contribution in [-0.2, 0) is 6.18 Å². The standard InChI is InChI=1S/C20H12F3N5O/c21-20(22,23)13-3-1-2-12(10-13)14-6-9-25-15-4-5-16(27-18(14)15)19(29)28-17-7-8-24-11-26-17/h1-11H,(H,24,26,28,29). The van der Waals surface area contributed by atoms with E-state index in [9.17, 15) is 18.0 Å². The molecule has 4 rings (SSSR count). The molecule has 9 heteroatoms. The van der Waals surface area contributed by atoms with Crippen LogP contribution in [0.3, 0.4) is 0 Å². The summed E-state index contributed by atoms with van der Waals surface area (Å²) >= 11 is 0. The lowest BCUT2D eigenvalue weighted by Gasteiger charge is -2.11. The molecule has 3 aromatic heterocycles. The van der Waals surface area contributed by atoms with Gasteiger partial charge in [0.2, 0.25) is 0 Å². The summed E-state index contributed by atoms with van der Waals surface area (Å²) in [6, 6.07) is 11.1. The van der Waals surface area contributed by atoms with Crippen molar-refractivity contribution in [3.63, 3.8) is 0 Å². The second-order valence-corrected chi connectivity index (χ2v) is 6.05. The van der Waals surface area contributed by atoms with Crippen molar-refractivity contribution in [1.29, 1.82) is 0 Å². The van der Waals surface area contributed by atoms with Crippen LogP contribution in [0.15, 0.2) is 67.3 Å². The fourth-order valence-corrected chi connectivity index (χ4v) is 2.79. The first kappa shape index (κ1) is 18.5. The number of halogens is 3. The number of fused-ring (bicyclic) bond motifs is 1. The Bertz CT molecular complexity index is 1200. The van der Waals surface area contributed by atoms with Crippen molar-refractivity contribution in [1.82, 2.24) is 19.9 Å². The minimum absolute atomic E-state index is 0.0809. The lowest BCUT2D eigenvalue weighted by atomic mass is 10.0.